The molecule has 2 nitrogen and oxygen atoms in total. The number of amides is 1. The summed E-state index contributed by atoms with van der Waals surface area (Å²) in [6.07, 6.45) is 0. The molecule has 0 aliphatic carbocycles. The van der Waals surface area contributed by atoms with Crippen molar-refractivity contribution in [3.05, 3.63) is 59.3 Å². The van der Waals surface area contributed by atoms with E-state index in [1.165, 1.54) is 18.2 Å². The van der Waals surface area contributed by atoms with Crippen LogP contribution in [0.1, 0.15) is 10.4 Å². The first-order valence-corrected chi connectivity index (χ1v) is 8.33. The van der Waals surface area contributed by atoms with E-state index in [1.807, 2.05) is 6.07 Å². The van der Waals surface area contributed by atoms with Gasteiger partial charge in [-0.1, -0.05) is 27.5 Å². The summed E-state index contributed by atoms with van der Waals surface area (Å²) in [7, 11) is 0. The molecule has 0 aromatic heterocycles. The van der Waals surface area contributed by atoms with Crippen LogP contribution in [0.2, 0.25) is 5.02 Å². The second-order valence-electron chi connectivity index (χ2n) is 3.83. The third-order valence-electron chi connectivity index (χ3n) is 2.42. The molecule has 0 unspecified atom stereocenters. The summed E-state index contributed by atoms with van der Waals surface area (Å²) in [5.74, 6) is -0.816. The monoisotopic (exact) mass is 531 g/mol. The number of anilines is 1. The number of hydrogen-bond acceptors (Lipinski definition) is 1. The van der Waals surface area contributed by atoms with Gasteiger partial charge in [-0.05, 0) is 68.9 Å². The molecule has 2 rings (SSSR count). The van der Waals surface area contributed by atoms with Crippen LogP contribution in [0.15, 0.2) is 39.3 Å². The average Bonchev–Trinajstić information content (AvgIpc) is 2.38. The van der Waals surface area contributed by atoms with Gasteiger partial charge in [0.05, 0.1) is 10.6 Å². The maximum Gasteiger partial charge on any atom is 0.256 e. The molecule has 0 saturated heterocycles. The van der Waals surface area contributed by atoms with Crippen LogP contribution in [-0.2, 0) is 0 Å². The lowest BCUT2D eigenvalue weighted by molar-refractivity contribution is 0.102. The van der Waals surface area contributed by atoms with Crippen molar-refractivity contribution in [3.8, 4) is 0 Å². The molecule has 1 amide bonds. The van der Waals surface area contributed by atoms with Gasteiger partial charge in [-0.2, -0.15) is 0 Å². The molecule has 0 bridgehead atoms. The molecule has 0 radical (unpaired) electrons. The Kier molecular flexibility index (Phi) is 5.44. The number of hydrogen-bond donors (Lipinski definition) is 1. The quantitative estimate of drug-likeness (QED) is 0.381. The zero-order valence-corrected chi connectivity index (χ0v) is 15.8. The number of carbonyl (C=O) groups is 1. The van der Waals surface area contributed by atoms with Gasteiger partial charge in [0.2, 0.25) is 0 Å². The number of halogens is 5. The van der Waals surface area contributed by atoms with Crippen LogP contribution in [0.4, 0.5) is 10.1 Å². The highest BCUT2D eigenvalue weighted by molar-refractivity contribution is 14.1. The summed E-state index contributed by atoms with van der Waals surface area (Å²) >= 11 is 14.5. The summed E-state index contributed by atoms with van der Waals surface area (Å²) < 4.78 is 15.5. The summed E-state index contributed by atoms with van der Waals surface area (Å²) in [6.45, 7) is 0. The minimum atomic E-state index is -0.524. The molecule has 0 spiro atoms. The van der Waals surface area contributed by atoms with Crippen molar-refractivity contribution < 1.29 is 9.18 Å². The minimum absolute atomic E-state index is 0.0343. The van der Waals surface area contributed by atoms with Gasteiger partial charge in [-0.15, -0.1) is 0 Å². The van der Waals surface area contributed by atoms with Gasteiger partial charge in [0.25, 0.3) is 5.91 Å². The van der Waals surface area contributed by atoms with Crippen molar-refractivity contribution in [2.75, 3.05) is 5.32 Å². The lowest BCUT2D eigenvalue weighted by Crippen LogP contribution is -2.13. The van der Waals surface area contributed by atoms with Crippen LogP contribution < -0.4 is 5.32 Å². The molecular weight excluding hydrogens is 527 g/mol. The second-order valence-corrected chi connectivity index (χ2v) is 7.09. The predicted molar refractivity (Wildman–Crippen MR) is 93.9 cm³/mol. The Hall–Kier alpha value is -0.180. The molecule has 0 aliphatic rings. The van der Waals surface area contributed by atoms with E-state index < -0.39 is 5.82 Å². The van der Waals surface area contributed by atoms with Gasteiger partial charge in [0.15, 0.2) is 0 Å². The third kappa shape index (κ3) is 3.72. The Morgan fingerprint density at radius 3 is 2.60 bits per heavy atom. The molecule has 0 fully saturated rings. The van der Waals surface area contributed by atoms with Gasteiger partial charge in [0.1, 0.15) is 5.82 Å². The summed E-state index contributed by atoms with van der Waals surface area (Å²) in [5, 5.41) is 2.65. The van der Waals surface area contributed by atoms with Crippen molar-refractivity contribution in [3.63, 3.8) is 0 Å². The molecule has 104 valence electrons. The van der Waals surface area contributed by atoms with Crippen LogP contribution in [0.3, 0.4) is 0 Å². The lowest BCUT2D eigenvalue weighted by Gasteiger charge is -2.09. The molecule has 0 atom stereocenters. The first kappa shape index (κ1) is 16.2. The van der Waals surface area contributed by atoms with Crippen LogP contribution in [0.5, 0.6) is 0 Å². The van der Waals surface area contributed by atoms with E-state index >= 15 is 0 Å². The number of rotatable bonds is 2. The smallest absolute Gasteiger partial charge is 0.256 e. The molecule has 1 N–H and O–H groups in total. The highest BCUT2D eigenvalue weighted by Crippen LogP contribution is 2.28. The van der Waals surface area contributed by atoms with E-state index in [2.05, 4.69) is 59.8 Å². The van der Waals surface area contributed by atoms with Crippen molar-refractivity contribution in [1.29, 1.82) is 0 Å². The zero-order valence-electron chi connectivity index (χ0n) is 9.68. The van der Waals surface area contributed by atoms with Crippen LogP contribution in [-0.4, -0.2) is 5.91 Å². The topological polar surface area (TPSA) is 29.1 Å². The maximum absolute atomic E-state index is 13.1. The van der Waals surface area contributed by atoms with Crippen molar-refractivity contribution in [1.82, 2.24) is 0 Å². The molecule has 0 saturated carbocycles. The van der Waals surface area contributed by atoms with Gasteiger partial charge in [-0.3, -0.25) is 4.79 Å². The Morgan fingerprint density at radius 2 is 1.95 bits per heavy atom. The molecule has 7 heteroatoms. The largest absolute Gasteiger partial charge is 0.322 e. The third-order valence-corrected chi connectivity index (χ3v) is 5.69. The highest BCUT2D eigenvalue weighted by atomic mass is 127. The maximum atomic E-state index is 13.1. The molecule has 20 heavy (non-hydrogen) atoms. The van der Waals surface area contributed by atoms with E-state index in [0.717, 1.165) is 12.5 Å². The summed E-state index contributed by atoms with van der Waals surface area (Å²) in [4.78, 5) is 12.2. The lowest BCUT2D eigenvalue weighted by atomic mass is 10.2. The van der Waals surface area contributed by atoms with E-state index in [9.17, 15) is 9.18 Å². The van der Waals surface area contributed by atoms with Gasteiger partial charge in [-0.25, -0.2) is 4.39 Å². The van der Waals surface area contributed by atoms with Gasteiger partial charge >= 0.3 is 0 Å². The molecule has 2 aromatic rings. The second kappa shape index (κ2) is 6.72. The highest BCUT2D eigenvalue weighted by Gasteiger charge is 2.14. The van der Waals surface area contributed by atoms with Crippen LogP contribution in [0.25, 0.3) is 0 Å². The fraction of sp³-hybridized carbons (Fsp3) is 0. The first-order chi connectivity index (χ1) is 9.38. The van der Waals surface area contributed by atoms with E-state index in [-0.39, 0.29) is 10.9 Å². The first-order valence-electron chi connectivity index (χ1n) is 5.29. The number of carbonyl (C=O) groups excluding carboxylic acids is 1. The summed E-state index contributed by atoms with van der Waals surface area (Å²) in [6, 6.07) is 7.60. The predicted octanol–water partition coefficient (Wildman–Crippen LogP) is 5.86. The van der Waals surface area contributed by atoms with E-state index in [0.29, 0.717) is 11.3 Å². The number of nitrogens with one attached hydrogen (secondary N) is 1. The van der Waals surface area contributed by atoms with Gasteiger partial charge in [0, 0.05) is 18.2 Å². The zero-order chi connectivity index (χ0) is 14.9. The number of benzene rings is 2. The SMILES string of the molecule is O=C(Nc1ccc(F)c(Cl)c1)c1cc(Br)cc(Br)c1I. The van der Waals surface area contributed by atoms with Crippen LogP contribution in [0, 0.1) is 9.39 Å². The van der Waals surface area contributed by atoms with Crippen molar-refractivity contribution in [2.45, 2.75) is 0 Å². The van der Waals surface area contributed by atoms with E-state index in [4.69, 9.17) is 11.6 Å². The van der Waals surface area contributed by atoms with E-state index in [1.54, 1.807) is 6.07 Å². The molecule has 0 aliphatic heterocycles. The fourth-order valence-corrected chi connectivity index (χ4v) is 3.46. The van der Waals surface area contributed by atoms with Crippen LogP contribution >= 0.6 is 66.1 Å². The average molecular weight is 533 g/mol. The molecular formula is C13H6Br2ClFINO. The summed E-state index contributed by atoms with van der Waals surface area (Å²) in [5.41, 5.74) is 0.945. The minimum Gasteiger partial charge on any atom is -0.322 e. The molecule has 2 aromatic carbocycles. The Bertz CT molecular complexity index is 696. The Balaban J connectivity index is 2.30. The fourth-order valence-electron chi connectivity index (χ4n) is 1.49. The standard InChI is InChI=1S/C13H6Br2ClFINO/c14-6-3-8(12(18)9(15)4-6)13(20)19-7-1-2-11(17)10(16)5-7/h1-5H,(H,19,20). The Morgan fingerprint density at radius 1 is 1.25 bits per heavy atom. The Labute approximate surface area is 150 Å². The normalized spacial score (nSPS) is 10.4. The van der Waals surface area contributed by atoms with Crippen molar-refractivity contribution in [2.24, 2.45) is 0 Å². The molecule has 0 heterocycles. The van der Waals surface area contributed by atoms with Crippen molar-refractivity contribution >= 4 is 77.6 Å². The van der Waals surface area contributed by atoms with Gasteiger partial charge < -0.3 is 5.32 Å².